The van der Waals surface area contributed by atoms with Crippen LogP contribution in [0.5, 0.6) is 0 Å². The van der Waals surface area contributed by atoms with Crippen molar-refractivity contribution in [3.8, 4) is 55.6 Å². The van der Waals surface area contributed by atoms with Crippen LogP contribution in [-0.4, -0.2) is 0 Å². The van der Waals surface area contributed by atoms with Crippen molar-refractivity contribution in [2.75, 3.05) is 4.90 Å². The van der Waals surface area contributed by atoms with Crippen LogP contribution in [0.15, 0.2) is 200 Å². The van der Waals surface area contributed by atoms with E-state index in [1.54, 1.807) is 0 Å². The molecule has 0 amide bonds. The number of benzene rings is 9. The Morgan fingerprint density at radius 1 is 0.296 bits per heavy atom. The highest BCUT2D eigenvalue weighted by molar-refractivity contribution is 6.06. The lowest BCUT2D eigenvalue weighted by Crippen LogP contribution is -2.23. The molecule has 0 aromatic heterocycles. The second-order valence-corrected chi connectivity index (χ2v) is 14.8. The van der Waals surface area contributed by atoms with Crippen molar-refractivity contribution in [3.05, 3.63) is 222 Å². The molecule has 12 rings (SSSR count). The van der Waals surface area contributed by atoms with Crippen LogP contribution in [0.3, 0.4) is 0 Å². The van der Waals surface area contributed by atoms with Crippen molar-refractivity contribution < 1.29 is 0 Å². The maximum atomic E-state index is 2.49. The van der Waals surface area contributed by atoms with Crippen LogP contribution in [0.4, 0.5) is 17.1 Å². The first-order valence-corrected chi connectivity index (χ1v) is 18.8. The second kappa shape index (κ2) is 11.0. The van der Waals surface area contributed by atoms with Gasteiger partial charge in [-0.15, -0.1) is 0 Å². The summed E-state index contributed by atoms with van der Waals surface area (Å²) < 4.78 is 0. The average molecular weight is 684 g/mol. The fourth-order valence-corrected chi connectivity index (χ4v) is 10.0. The molecule has 1 spiro atoms. The number of para-hydroxylation sites is 1. The van der Waals surface area contributed by atoms with Crippen LogP contribution in [0.2, 0.25) is 0 Å². The summed E-state index contributed by atoms with van der Waals surface area (Å²) in [5, 5.41) is 2.46. The van der Waals surface area contributed by atoms with Gasteiger partial charge in [0.15, 0.2) is 0 Å². The monoisotopic (exact) mass is 683 g/mol. The second-order valence-electron chi connectivity index (χ2n) is 14.8. The lowest BCUT2D eigenvalue weighted by Gasteiger charge is -2.28. The van der Waals surface area contributed by atoms with Crippen molar-refractivity contribution in [1.29, 1.82) is 0 Å². The summed E-state index contributed by atoms with van der Waals surface area (Å²) in [6, 6.07) is 74.2. The van der Waals surface area contributed by atoms with Gasteiger partial charge in [0.2, 0.25) is 0 Å². The van der Waals surface area contributed by atoms with E-state index in [0.717, 1.165) is 17.1 Å². The largest absolute Gasteiger partial charge is 0.310 e. The fourth-order valence-electron chi connectivity index (χ4n) is 10.0. The zero-order chi connectivity index (χ0) is 35.4. The smallest absolute Gasteiger partial charge is 0.0737 e. The minimum atomic E-state index is -0.284. The first kappa shape index (κ1) is 29.6. The molecule has 3 aliphatic rings. The van der Waals surface area contributed by atoms with Gasteiger partial charge in [-0.2, -0.15) is 0 Å². The Kier molecular flexibility index (Phi) is 6.04. The number of rotatable bonds is 5. The molecule has 250 valence electrons. The molecule has 0 heterocycles. The van der Waals surface area contributed by atoms with Gasteiger partial charge in [0, 0.05) is 16.9 Å². The maximum absolute atomic E-state index is 2.49. The van der Waals surface area contributed by atoms with Crippen molar-refractivity contribution in [1.82, 2.24) is 0 Å². The average Bonchev–Trinajstić information content (AvgIpc) is 3.84. The summed E-state index contributed by atoms with van der Waals surface area (Å²) in [5.41, 5.74) is 21.9. The highest BCUT2D eigenvalue weighted by atomic mass is 15.1. The van der Waals surface area contributed by atoms with Gasteiger partial charge in [-0.3, -0.25) is 0 Å². The maximum Gasteiger partial charge on any atom is 0.0737 e. The van der Waals surface area contributed by atoms with E-state index in [1.165, 1.54) is 88.7 Å². The molecule has 0 saturated carbocycles. The molecule has 0 N–H and O–H groups in total. The summed E-state index contributed by atoms with van der Waals surface area (Å²) in [6.07, 6.45) is 0. The van der Waals surface area contributed by atoms with Crippen LogP contribution < -0.4 is 4.90 Å². The molecule has 54 heavy (non-hydrogen) atoms. The lowest BCUT2D eigenvalue weighted by molar-refractivity contribution is 0.818. The normalized spacial score (nSPS) is 15.1. The first-order valence-electron chi connectivity index (χ1n) is 18.8. The SMILES string of the molecule is c1ccc(-c2ccccc2N(c2ccc(-c3ccc4c(c3)C35c6ccccc6-c6cccc(c63)-c3cccc-4c35)cc2)c2ccc3ccccc3c2)cc1. The third-order valence-corrected chi connectivity index (χ3v) is 12.2. The summed E-state index contributed by atoms with van der Waals surface area (Å²) in [7, 11) is 0. The third-order valence-electron chi connectivity index (χ3n) is 12.2. The highest BCUT2D eigenvalue weighted by Gasteiger charge is 2.57. The van der Waals surface area contributed by atoms with Gasteiger partial charge in [0.05, 0.1) is 11.1 Å². The van der Waals surface area contributed by atoms with E-state index in [9.17, 15) is 0 Å². The molecule has 3 aliphatic carbocycles. The first-order chi connectivity index (χ1) is 26.8. The van der Waals surface area contributed by atoms with Crippen LogP contribution in [-0.2, 0) is 5.41 Å². The molecule has 0 bridgehead atoms. The minimum absolute atomic E-state index is 0.284. The fraction of sp³-hybridized carbons (Fsp3) is 0.0189. The number of hydrogen-bond acceptors (Lipinski definition) is 1. The predicted octanol–water partition coefficient (Wildman–Crippen LogP) is 14.0. The highest BCUT2D eigenvalue weighted by Crippen LogP contribution is 2.70. The Morgan fingerprint density at radius 2 is 0.852 bits per heavy atom. The molecule has 9 aromatic carbocycles. The molecule has 1 heteroatoms. The van der Waals surface area contributed by atoms with Crippen LogP contribution >= 0.6 is 0 Å². The molecular weight excluding hydrogens is 651 g/mol. The van der Waals surface area contributed by atoms with Crippen molar-refractivity contribution in [2.45, 2.75) is 5.41 Å². The van der Waals surface area contributed by atoms with Crippen molar-refractivity contribution >= 4 is 27.8 Å². The summed E-state index contributed by atoms with van der Waals surface area (Å²) in [6.45, 7) is 0. The summed E-state index contributed by atoms with van der Waals surface area (Å²) >= 11 is 0. The topological polar surface area (TPSA) is 3.24 Å². The van der Waals surface area contributed by atoms with E-state index in [-0.39, 0.29) is 5.41 Å². The van der Waals surface area contributed by atoms with Gasteiger partial charge >= 0.3 is 0 Å². The van der Waals surface area contributed by atoms with Crippen molar-refractivity contribution in [2.24, 2.45) is 0 Å². The van der Waals surface area contributed by atoms with Gasteiger partial charge in [-0.1, -0.05) is 164 Å². The Balaban J connectivity index is 1.02. The Hall–Kier alpha value is -6.96. The van der Waals surface area contributed by atoms with Gasteiger partial charge in [0.25, 0.3) is 0 Å². The number of nitrogens with zero attached hydrogens (tertiary/aromatic N) is 1. The Bertz CT molecular complexity index is 2950. The lowest BCUT2D eigenvalue weighted by atomic mass is 9.73. The zero-order valence-electron chi connectivity index (χ0n) is 29.5. The molecule has 0 radical (unpaired) electrons. The molecule has 0 aliphatic heterocycles. The molecule has 1 atom stereocenters. The van der Waals surface area contributed by atoms with Crippen LogP contribution in [0.25, 0.3) is 66.4 Å². The standard InChI is InChI=1S/C53H33N/c1-2-13-36(14-3-1)41-16-7-9-23-50(41)54(40-30-26-34-12-4-5-15-37(34)32-40)39-28-24-35(25-29-39)38-27-31-43-45-19-11-21-47-46-20-10-18-44-42-17-6-8-22-48(42)53(51(44)46,52(45)47)49(43)33-38/h1-33H. The van der Waals surface area contributed by atoms with E-state index < -0.39 is 0 Å². The van der Waals surface area contributed by atoms with E-state index in [4.69, 9.17) is 0 Å². The zero-order valence-corrected chi connectivity index (χ0v) is 29.5. The van der Waals surface area contributed by atoms with Crippen LogP contribution in [0.1, 0.15) is 22.3 Å². The summed E-state index contributed by atoms with van der Waals surface area (Å²) in [4.78, 5) is 2.41. The Morgan fingerprint density at radius 3 is 1.61 bits per heavy atom. The van der Waals surface area contributed by atoms with Gasteiger partial charge in [0.1, 0.15) is 0 Å². The molecule has 0 fully saturated rings. The number of fused-ring (bicyclic) bond motifs is 6. The van der Waals surface area contributed by atoms with E-state index >= 15 is 0 Å². The molecule has 9 aromatic rings. The predicted molar refractivity (Wildman–Crippen MR) is 225 cm³/mol. The van der Waals surface area contributed by atoms with E-state index in [1.807, 2.05) is 0 Å². The third kappa shape index (κ3) is 3.88. The van der Waals surface area contributed by atoms with Gasteiger partial charge < -0.3 is 4.90 Å². The number of hydrogen-bond donors (Lipinski definition) is 0. The molecule has 1 unspecified atom stereocenters. The number of anilines is 3. The van der Waals surface area contributed by atoms with Crippen molar-refractivity contribution in [3.63, 3.8) is 0 Å². The van der Waals surface area contributed by atoms with E-state index in [0.29, 0.717) is 0 Å². The molecule has 0 saturated heterocycles. The van der Waals surface area contributed by atoms with E-state index in [2.05, 4.69) is 205 Å². The minimum Gasteiger partial charge on any atom is -0.310 e. The van der Waals surface area contributed by atoms with Gasteiger partial charge in [-0.05, 0) is 119 Å². The molecule has 1 nitrogen and oxygen atoms in total. The Labute approximate surface area is 315 Å². The quantitative estimate of drug-likeness (QED) is 0.175. The van der Waals surface area contributed by atoms with Gasteiger partial charge in [-0.25, -0.2) is 0 Å². The van der Waals surface area contributed by atoms with Crippen LogP contribution in [0, 0.1) is 0 Å². The molecular formula is C53H33N. The summed E-state index contributed by atoms with van der Waals surface area (Å²) in [5.74, 6) is 0.